The monoisotopic (exact) mass is 342 g/mol. The summed E-state index contributed by atoms with van der Waals surface area (Å²) in [5.74, 6) is 0.214. The number of piperidine rings is 1. The van der Waals surface area contributed by atoms with Crippen LogP contribution in [-0.4, -0.2) is 27.4 Å². The first-order valence-electron chi connectivity index (χ1n) is 7.68. The first kappa shape index (κ1) is 19.4. The second-order valence-electron chi connectivity index (χ2n) is 4.53. The van der Waals surface area contributed by atoms with E-state index in [4.69, 9.17) is 0 Å². The summed E-state index contributed by atoms with van der Waals surface area (Å²) in [6, 6.07) is 11.5. The van der Waals surface area contributed by atoms with Crippen LogP contribution in [-0.2, 0) is 4.79 Å². The molecule has 4 rings (SSSR count). The van der Waals surface area contributed by atoms with Crippen LogP contribution in [0.5, 0.6) is 0 Å². The van der Waals surface area contributed by atoms with Gasteiger partial charge in [-0.05, 0) is 41.8 Å². The van der Waals surface area contributed by atoms with Crippen molar-refractivity contribution in [3.8, 4) is 0 Å². The number of carbonyl (C=O) groups excluding carboxylic acids is 1. The minimum atomic E-state index is 0.214. The van der Waals surface area contributed by atoms with Crippen molar-refractivity contribution in [2.24, 2.45) is 0 Å². The Morgan fingerprint density at radius 1 is 0.792 bits per heavy atom. The largest absolute Gasteiger partial charge is 0.356 e. The minimum Gasteiger partial charge on any atom is -0.356 e. The van der Waals surface area contributed by atoms with E-state index in [9.17, 15) is 4.79 Å². The van der Waals surface area contributed by atoms with E-state index in [2.05, 4.69) is 20.3 Å². The van der Waals surface area contributed by atoms with Crippen molar-refractivity contribution in [2.75, 3.05) is 6.54 Å². The molecule has 1 saturated heterocycles. The first-order chi connectivity index (χ1) is 11.9. The van der Waals surface area contributed by atoms with Crippen LogP contribution in [0.3, 0.4) is 0 Å². The van der Waals surface area contributed by atoms with E-state index >= 15 is 0 Å². The van der Waals surface area contributed by atoms with Crippen LogP contribution in [0.15, 0.2) is 78.3 Å². The Balaban J connectivity index is 0.000000161. The second kappa shape index (κ2) is 15.3. The predicted octanol–water partition coefficient (Wildman–Crippen LogP) is 3.59. The van der Waals surface area contributed by atoms with E-state index in [0.29, 0.717) is 0 Å². The fourth-order valence-electron chi connectivity index (χ4n) is 1.52. The molecule has 1 aliphatic heterocycles. The molecule has 1 N–H and O–H groups in total. The summed E-state index contributed by atoms with van der Waals surface area (Å²) in [7, 11) is 0. The molecule has 126 valence electrons. The van der Waals surface area contributed by atoms with E-state index in [1.54, 1.807) is 42.2 Å². The third-order valence-corrected chi connectivity index (χ3v) is 3.25. The van der Waals surface area contributed by atoms with E-state index in [1.165, 1.54) is 6.33 Å². The number of hydrogen-bond acceptors (Lipinski definition) is 5. The predicted molar refractivity (Wildman–Crippen MR) is 97.4 cm³/mol. The molecule has 0 spiro atoms. The number of pyridine rings is 1. The Hall–Kier alpha value is -2.60. The molecule has 0 atom stereocenters. The maximum atomic E-state index is 10.4. The van der Waals surface area contributed by atoms with Crippen molar-refractivity contribution in [1.29, 1.82) is 0 Å². The van der Waals surface area contributed by atoms with Gasteiger partial charge >= 0.3 is 0 Å². The maximum Gasteiger partial charge on any atom is 0.219 e. The van der Waals surface area contributed by atoms with Gasteiger partial charge < -0.3 is 5.32 Å². The molecule has 1 aliphatic rings. The molecular formula is C18H22N4OS. The summed E-state index contributed by atoms with van der Waals surface area (Å²) >= 11 is 1.71. The quantitative estimate of drug-likeness (QED) is 0.678. The van der Waals surface area contributed by atoms with Crippen molar-refractivity contribution in [2.45, 2.75) is 19.3 Å². The zero-order valence-corrected chi connectivity index (χ0v) is 14.3. The van der Waals surface area contributed by atoms with Gasteiger partial charge in [-0.2, -0.15) is 11.3 Å². The molecular weight excluding hydrogens is 320 g/mol. The van der Waals surface area contributed by atoms with Crippen LogP contribution < -0.4 is 5.32 Å². The highest BCUT2D eigenvalue weighted by atomic mass is 32.1. The van der Waals surface area contributed by atoms with Gasteiger partial charge in [0.1, 0.15) is 6.33 Å². The number of aromatic nitrogens is 3. The zero-order chi connectivity index (χ0) is 17.1. The molecule has 1 fully saturated rings. The van der Waals surface area contributed by atoms with Crippen molar-refractivity contribution < 1.29 is 4.79 Å². The van der Waals surface area contributed by atoms with Gasteiger partial charge in [0.2, 0.25) is 5.91 Å². The fraction of sp³-hybridized carbons (Fsp3) is 0.222. The van der Waals surface area contributed by atoms with Crippen LogP contribution in [0.2, 0.25) is 0 Å². The van der Waals surface area contributed by atoms with Gasteiger partial charge in [0, 0.05) is 37.8 Å². The van der Waals surface area contributed by atoms with Gasteiger partial charge in [0.25, 0.3) is 0 Å². The lowest BCUT2D eigenvalue weighted by atomic mass is 10.2. The lowest BCUT2D eigenvalue weighted by Crippen LogP contribution is -2.28. The van der Waals surface area contributed by atoms with Gasteiger partial charge in [-0.15, -0.1) is 0 Å². The molecule has 1 amide bonds. The Labute approximate surface area is 146 Å². The van der Waals surface area contributed by atoms with Crippen molar-refractivity contribution >= 4 is 17.2 Å². The normalized spacial score (nSPS) is 11.9. The number of carbonyl (C=O) groups is 1. The minimum absolute atomic E-state index is 0.214. The summed E-state index contributed by atoms with van der Waals surface area (Å²) in [6.07, 6.45) is 11.3. The molecule has 0 bridgehead atoms. The third kappa shape index (κ3) is 13.1. The van der Waals surface area contributed by atoms with Crippen molar-refractivity contribution in [1.82, 2.24) is 20.3 Å². The molecule has 0 saturated carbocycles. The number of amides is 1. The Morgan fingerprint density at radius 3 is 1.67 bits per heavy atom. The molecule has 6 heteroatoms. The average Bonchev–Trinajstić information content (AvgIpc) is 3.26. The molecule has 0 radical (unpaired) electrons. The lowest BCUT2D eigenvalue weighted by molar-refractivity contribution is -0.122. The molecule has 4 heterocycles. The van der Waals surface area contributed by atoms with Crippen molar-refractivity contribution in [3.05, 3.63) is 78.3 Å². The summed E-state index contributed by atoms with van der Waals surface area (Å²) in [5, 5.41) is 6.83. The molecule has 0 aromatic carbocycles. The van der Waals surface area contributed by atoms with Crippen LogP contribution in [0.25, 0.3) is 0 Å². The van der Waals surface area contributed by atoms with Crippen LogP contribution in [0, 0.1) is 0 Å². The SMILES string of the molecule is O=C1CCCCN1.c1ccncc1.c1ccsc1.c1cncnc1. The van der Waals surface area contributed by atoms with Crippen molar-refractivity contribution in [3.63, 3.8) is 0 Å². The first-order valence-corrected chi connectivity index (χ1v) is 8.62. The fourth-order valence-corrected chi connectivity index (χ4v) is 1.97. The van der Waals surface area contributed by atoms with E-state index in [0.717, 1.165) is 25.8 Å². The number of hydrogen-bond donors (Lipinski definition) is 1. The Kier molecular flexibility index (Phi) is 12.4. The van der Waals surface area contributed by atoms with Crippen LogP contribution in [0.4, 0.5) is 0 Å². The number of thiophene rings is 1. The summed E-state index contributed by atoms with van der Waals surface area (Å²) in [6.45, 7) is 0.888. The second-order valence-corrected chi connectivity index (χ2v) is 5.35. The molecule has 3 aromatic heterocycles. The van der Waals surface area contributed by atoms with Crippen LogP contribution >= 0.6 is 11.3 Å². The Morgan fingerprint density at radius 2 is 1.46 bits per heavy atom. The number of nitrogens with zero attached hydrogens (tertiary/aromatic N) is 3. The highest BCUT2D eigenvalue weighted by Crippen LogP contribution is 1.98. The average molecular weight is 342 g/mol. The van der Waals surface area contributed by atoms with Gasteiger partial charge in [0.15, 0.2) is 0 Å². The third-order valence-electron chi connectivity index (χ3n) is 2.62. The molecule has 5 nitrogen and oxygen atoms in total. The number of nitrogens with one attached hydrogen (secondary N) is 1. The Bertz CT molecular complexity index is 481. The zero-order valence-electron chi connectivity index (χ0n) is 13.5. The summed E-state index contributed by atoms with van der Waals surface area (Å²) in [5.41, 5.74) is 0. The van der Waals surface area contributed by atoms with Gasteiger partial charge in [-0.1, -0.05) is 18.2 Å². The van der Waals surface area contributed by atoms with E-state index in [-0.39, 0.29) is 5.91 Å². The number of rotatable bonds is 0. The highest BCUT2D eigenvalue weighted by molar-refractivity contribution is 7.07. The molecule has 0 unspecified atom stereocenters. The molecule has 0 aliphatic carbocycles. The standard InChI is InChI=1S/C5H9NO.C5H5N.C4H4N2.C4H4S/c7-5-3-1-2-4-6-5;1-2-4-6-5-3-1;1-2-5-4-6-3-1;1-2-4-5-3-1/h1-4H2,(H,6,7);1-5H;1-4H;1-4H. The maximum absolute atomic E-state index is 10.4. The van der Waals surface area contributed by atoms with Gasteiger partial charge in [0.05, 0.1) is 0 Å². The molecule has 3 aromatic rings. The van der Waals surface area contributed by atoms with Crippen LogP contribution in [0.1, 0.15) is 19.3 Å². The summed E-state index contributed by atoms with van der Waals surface area (Å²) in [4.78, 5) is 21.5. The van der Waals surface area contributed by atoms with Gasteiger partial charge in [-0.25, -0.2) is 9.97 Å². The molecule has 24 heavy (non-hydrogen) atoms. The summed E-state index contributed by atoms with van der Waals surface area (Å²) < 4.78 is 0. The van der Waals surface area contributed by atoms with E-state index < -0.39 is 0 Å². The van der Waals surface area contributed by atoms with Gasteiger partial charge in [-0.3, -0.25) is 9.78 Å². The smallest absolute Gasteiger partial charge is 0.219 e. The van der Waals surface area contributed by atoms with E-state index in [1.807, 2.05) is 41.1 Å². The lowest BCUT2D eigenvalue weighted by Gasteiger charge is -2.08. The topological polar surface area (TPSA) is 67.8 Å². The highest BCUT2D eigenvalue weighted by Gasteiger charge is 2.04.